The number of carbonyl (C=O) groups is 1. The number of aromatic nitrogens is 1. The first-order valence-electron chi connectivity index (χ1n) is 8.69. The van der Waals surface area contributed by atoms with E-state index in [0.717, 1.165) is 5.39 Å². The number of nitrogens with one attached hydrogen (secondary N) is 1. The topological polar surface area (TPSA) is 80.9 Å². The molecule has 2 heterocycles. The van der Waals surface area contributed by atoms with E-state index in [1.54, 1.807) is 25.2 Å². The number of morpholine rings is 1. The van der Waals surface area contributed by atoms with Crippen molar-refractivity contribution in [3.63, 3.8) is 0 Å². The fourth-order valence-corrected chi connectivity index (χ4v) is 3.21. The minimum absolute atomic E-state index is 0.0481. The standard InChI is InChI=1S/C19H24N2O5/c1-12-11-21(6-7-26-12)18(22)5-4-13-8-14-9-16(24-2)17(25-3)10-15(14)20-19(13)23/h8-10,12H,4-7,11H2,1-3H3,(H,20,23). The normalized spacial score (nSPS) is 17.3. The van der Waals surface area contributed by atoms with E-state index < -0.39 is 0 Å². The maximum Gasteiger partial charge on any atom is 0.251 e. The molecule has 0 radical (unpaired) electrons. The van der Waals surface area contributed by atoms with E-state index in [9.17, 15) is 9.59 Å². The van der Waals surface area contributed by atoms with Crippen LogP contribution in [0.3, 0.4) is 0 Å². The van der Waals surface area contributed by atoms with E-state index in [1.807, 2.05) is 19.1 Å². The number of H-pyrrole nitrogens is 1. The number of hydrogen-bond acceptors (Lipinski definition) is 5. The molecule has 1 unspecified atom stereocenters. The van der Waals surface area contributed by atoms with Crippen molar-refractivity contribution < 1.29 is 19.0 Å². The lowest BCUT2D eigenvalue weighted by Crippen LogP contribution is -2.44. The van der Waals surface area contributed by atoms with Crippen molar-refractivity contribution in [2.75, 3.05) is 33.9 Å². The highest BCUT2D eigenvalue weighted by Gasteiger charge is 2.21. The van der Waals surface area contributed by atoms with E-state index >= 15 is 0 Å². The molecule has 2 aromatic rings. The Balaban J connectivity index is 1.78. The summed E-state index contributed by atoms with van der Waals surface area (Å²) in [5.74, 6) is 1.20. The van der Waals surface area contributed by atoms with Gasteiger partial charge in [-0.2, -0.15) is 0 Å². The number of ether oxygens (including phenoxy) is 3. The number of fused-ring (bicyclic) bond motifs is 1. The molecule has 1 fully saturated rings. The summed E-state index contributed by atoms with van der Waals surface area (Å²) >= 11 is 0. The highest BCUT2D eigenvalue weighted by Crippen LogP contribution is 2.31. The molecule has 0 saturated carbocycles. The van der Waals surface area contributed by atoms with Gasteiger partial charge in [0.25, 0.3) is 5.56 Å². The number of rotatable bonds is 5. The Kier molecular flexibility index (Phi) is 5.46. The predicted molar refractivity (Wildman–Crippen MR) is 98.0 cm³/mol. The van der Waals surface area contributed by atoms with Crippen LogP contribution in [0.15, 0.2) is 23.0 Å². The number of carbonyl (C=O) groups excluding carboxylic acids is 1. The summed E-state index contributed by atoms with van der Waals surface area (Å²) in [6.45, 7) is 3.72. The van der Waals surface area contributed by atoms with E-state index in [-0.39, 0.29) is 17.6 Å². The molecule has 7 heteroatoms. The summed E-state index contributed by atoms with van der Waals surface area (Å²) in [7, 11) is 3.12. The van der Waals surface area contributed by atoms with Crippen LogP contribution in [-0.4, -0.2) is 55.8 Å². The summed E-state index contributed by atoms with van der Waals surface area (Å²) in [6, 6.07) is 5.37. The average Bonchev–Trinajstić information content (AvgIpc) is 2.65. The van der Waals surface area contributed by atoms with E-state index in [4.69, 9.17) is 14.2 Å². The number of aryl methyl sites for hydroxylation is 1. The zero-order valence-electron chi connectivity index (χ0n) is 15.3. The lowest BCUT2D eigenvalue weighted by molar-refractivity contribution is -0.138. The second-order valence-corrected chi connectivity index (χ2v) is 6.44. The third kappa shape index (κ3) is 3.83. The molecule has 0 bridgehead atoms. The second kappa shape index (κ2) is 7.78. The molecule has 1 N–H and O–H groups in total. The highest BCUT2D eigenvalue weighted by molar-refractivity contribution is 5.83. The van der Waals surface area contributed by atoms with Gasteiger partial charge in [-0.15, -0.1) is 0 Å². The lowest BCUT2D eigenvalue weighted by Gasteiger charge is -2.31. The van der Waals surface area contributed by atoms with Crippen LogP contribution >= 0.6 is 0 Å². The summed E-state index contributed by atoms with van der Waals surface area (Å²) in [5, 5.41) is 0.838. The number of aromatic amines is 1. The van der Waals surface area contributed by atoms with Crippen LogP contribution in [0.4, 0.5) is 0 Å². The molecule has 1 saturated heterocycles. The number of methoxy groups -OCH3 is 2. The predicted octanol–water partition coefficient (Wildman–Crippen LogP) is 1.73. The Morgan fingerprint density at radius 3 is 2.69 bits per heavy atom. The first kappa shape index (κ1) is 18.3. The maximum absolute atomic E-state index is 12.4. The van der Waals surface area contributed by atoms with Gasteiger partial charge >= 0.3 is 0 Å². The van der Waals surface area contributed by atoms with E-state index in [2.05, 4.69) is 4.98 Å². The molecule has 1 aliphatic rings. The van der Waals surface area contributed by atoms with Gasteiger partial charge in [0.05, 0.1) is 32.4 Å². The molecule has 1 aliphatic heterocycles. The Hall–Kier alpha value is -2.54. The minimum Gasteiger partial charge on any atom is -0.493 e. The smallest absolute Gasteiger partial charge is 0.251 e. The van der Waals surface area contributed by atoms with Gasteiger partial charge in [0.2, 0.25) is 5.91 Å². The maximum atomic E-state index is 12.4. The fraction of sp³-hybridized carbons (Fsp3) is 0.474. The molecule has 1 amide bonds. The molecule has 26 heavy (non-hydrogen) atoms. The SMILES string of the molecule is COc1cc2cc(CCC(=O)N3CCOC(C)C3)c(=O)[nH]c2cc1OC. The fourth-order valence-electron chi connectivity index (χ4n) is 3.21. The highest BCUT2D eigenvalue weighted by atomic mass is 16.5. The summed E-state index contributed by atoms with van der Waals surface area (Å²) in [5.41, 5.74) is 1.07. The van der Waals surface area contributed by atoms with Gasteiger partial charge in [-0.05, 0) is 25.5 Å². The van der Waals surface area contributed by atoms with Gasteiger partial charge in [-0.3, -0.25) is 9.59 Å². The van der Waals surface area contributed by atoms with Gasteiger partial charge in [0.1, 0.15) is 0 Å². The molecule has 140 valence electrons. The Morgan fingerprint density at radius 1 is 1.27 bits per heavy atom. The van der Waals surface area contributed by atoms with Gasteiger partial charge in [0.15, 0.2) is 11.5 Å². The van der Waals surface area contributed by atoms with Gasteiger partial charge in [-0.1, -0.05) is 0 Å². The second-order valence-electron chi connectivity index (χ2n) is 6.44. The van der Waals surface area contributed by atoms with E-state index in [1.165, 1.54) is 0 Å². The van der Waals surface area contributed by atoms with Crippen molar-refractivity contribution in [3.8, 4) is 11.5 Å². The van der Waals surface area contributed by atoms with Crippen LogP contribution in [0, 0.1) is 0 Å². The third-order valence-electron chi connectivity index (χ3n) is 4.63. The molecule has 1 aromatic carbocycles. The first-order valence-corrected chi connectivity index (χ1v) is 8.69. The van der Waals surface area contributed by atoms with Crippen molar-refractivity contribution >= 4 is 16.8 Å². The molecular formula is C19H24N2O5. The zero-order chi connectivity index (χ0) is 18.7. The quantitative estimate of drug-likeness (QED) is 0.878. The summed E-state index contributed by atoms with van der Waals surface area (Å²) in [6.07, 6.45) is 0.748. The van der Waals surface area contributed by atoms with Crippen molar-refractivity contribution in [1.29, 1.82) is 0 Å². The van der Waals surface area contributed by atoms with Gasteiger partial charge < -0.3 is 24.1 Å². The van der Waals surface area contributed by atoms with Crippen LogP contribution in [0.2, 0.25) is 0 Å². The molecule has 1 atom stereocenters. The number of pyridine rings is 1. The van der Waals surface area contributed by atoms with Crippen LogP contribution in [0.5, 0.6) is 11.5 Å². The van der Waals surface area contributed by atoms with Crippen molar-refractivity contribution in [2.24, 2.45) is 0 Å². The Morgan fingerprint density at radius 2 is 2.00 bits per heavy atom. The van der Waals surface area contributed by atoms with Crippen molar-refractivity contribution in [1.82, 2.24) is 9.88 Å². The number of amides is 1. The van der Waals surface area contributed by atoms with Gasteiger partial charge in [-0.25, -0.2) is 0 Å². The Labute approximate surface area is 151 Å². The Bertz CT molecular complexity index is 861. The molecule has 3 rings (SSSR count). The number of hydrogen-bond donors (Lipinski definition) is 1. The molecular weight excluding hydrogens is 336 g/mol. The van der Waals surface area contributed by atoms with E-state index in [0.29, 0.717) is 55.1 Å². The molecule has 7 nitrogen and oxygen atoms in total. The van der Waals surface area contributed by atoms with Crippen molar-refractivity contribution in [2.45, 2.75) is 25.9 Å². The zero-order valence-corrected chi connectivity index (χ0v) is 15.3. The van der Waals surface area contributed by atoms with Crippen molar-refractivity contribution in [3.05, 3.63) is 34.1 Å². The molecule has 0 aliphatic carbocycles. The number of nitrogens with zero attached hydrogens (tertiary/aromatic N) is 1. The first-order chi connectivity index (χ1) is 12.5. The van der Waals surface area contributed by atoms with Crippen LogP contribution in [0.25, 0.3) is 10.9 Å². The van der Waals surface area contributed by atoms with Crippen LogP contribution in [0.1, 0.15) is 18.9 Å². The van der Waals surface area contributed by atoms with Gasteiger partial charge in [0, 0.05) is 36.5 Å². The largest absolute Gasteiger partial charge is 0.493 e. The minimum atomic E-state index is -0.187. The summed E-state index contributed by atoms with van der Waals surface area (Å²) in [4.78, 5) is 29.4. The molecule has 1 aromatic heterocycles. The lowest BCUT2D eigenvalue weighted by atomic mass is 10.1. The number of benzene rings is 1. The third-order valence-corrected chi connectivity index (χ3v) is 4.63. The molecule has 0 spiro atoms. The average molecular weight is 360 g/mol. The summed E-state index contributed by atoms with van der Waals surface area (Å²) < 4.78 is 16.0. The van der Waals surface area contributed by atoms with Crippen LogP contribution < -0.4 is 15.0 Å². The van der Waals surface area contributed by atoms with Crippen LogP contribution in [-0.2, 0) is 16.0 Å². The monoisotopic (exact) mass is 360 g/mol.